The first-order valence-corrected chi connectivity index (χ1v) is 11.2. The number of sulfonamides is 1. The predicted octanol–water partition coefficient (Wildman–Crippen LogP) is 1.11. The van der Waals surface area contributed by atoms with Crippen LogP contribution in [0.4, 0.5) is 0 Å². The van der Waals surface area contributed by atoms with Gasteiger partial charge in [-0.3, -0.25) is 4.79 Å². The molecule has 0 radical (unpaired) electrons. The molecule has 0 aliphatic carbocycles. The Morgan fingerprint density at radius 1 is 1.33 bits per heavy atom. The van der Waals surface area contributed by atoms with Crippen LogP contribution < -0.4 is 15.4 Å². The number of nitrogens with zero attached hydrogens (tertiary/aromatic N) is 1. The number of rotatable bonds is 7. The van der Waals surface area contributed by atoms with E-state index in [1.165, 1.54) is 0 Å². The summed E-state index contributed by atoms with van der Waals surface area (Å²) in [5.41, 5.74) is 0.720. The van der Waals surface area contributed by atoms with Crippen LogP contribution in [-0.4, -0.2) is 58.0 Å². The molecule has 0 bridgehead atoms. The van der Waals surface area contributed by atoms with Crippen LogP contribution in [0.2, 0.25) is 0 Å². The lowest BCUT2D eigenvalue weighted by atomic mass is 9.99. The van der Waals surface area contributed by atoms with Gasteiger partial charge >= 0.3 is 0 Å². The van der Waals surface area contributed by atoms with Gasteiger partial charge in [-0.1, -0.05) is 12.1 Å². The van der Waals surface area contributed by atoms with Crippen molar-refractivity contribution in [1.82, 2.24) is 14.9 Å². The third-order valence-electron chi connectivity index (χ3n) is 5.30. The molecule has 0 saturated carbocycles. The molecule has 2 aliphatic rings. The lowest BCUT2D eigenvalue weighted by Crippen LogP contribution is -2.46. The third kappa shape index (κ3) is 5.43. The molecule has 1 aromatic rings. The van der Waals surface area contributed by atoms with Crippen LogP contribution in [0.1, 0.15) is 31.2 Å². The number of amides is 1. The molecular weight excluding hydrogens is 366 g/mol. The van der Waals surface area contributed by atoms with E-state index in [0.29, 0.717) is 25.4 Å². The summed E-state index contributed by atoms with van der Waals surface area (Å²) in [7, 11) is -1.83. The molecule has 3 rings (SSSR count). The minimum Gasteiger partial charge on any atom is -0.497 e. The zero-order valence-electron chi connectivity index (χ0n) is 15.8. The van der Waals surface area contributed by atoms with E-state index in [-0.39, 0.29) is 23.6 Å². The number of hydrogen-bond donors (Lipinski definition) is 2. The summed E-state index contributed by atoms with van der Waals surface area (Å²) in [6.45, 7) is 2.42. The number of carbonyl (C=O) groups excluding carboxylic acids is 1. The van der Waals surface area contributed by atoms with Gasteiger partial charge in [0.05, 0.1) is 18.9 Å². The van der Waals surface area contributed by atoms with E-state index in [4.69, 9.17) is 4.74 Å². The Bertz CT molecular complexity index is 747. The predicted molar refractivity (Wildman–Crippen MR) is 104 cm³/mol. The first-order chi connectivity index (χ1) is 13.0. The monoisotopic (exact) mass is 395 g/mol. The maximum absolute atomic E-state index is 12.8. The van der Waals surface area contributed by atoms with Crippen LogP contribution in [0, 0.1) is 5.92 Å². The van der Waals surface area contributed by atoms with Crippen LogP contribution in [0.5, 0.6) is 5.75 Å². The number of benzene rings is 1. The summed E-state index contributed by atoms with van der Waals surface area (Å²) in [4.78, 5) is 12.2. The van der Waals surface area contributed by atoms with E-state index in [9.17, 15) is 13.2 Å². The molecule has 2 saturated heterocycles. The molecule has 2 atom stereocenters. The largest absolute Gasteiger partial charge is 0.497 e. The topological polar surface area (TPSA) is 87.7 Å². The van der Waals surface area contributed by atoms with Gasteiger partial charge in [-0.05, 0) is 55.8 Å². The van der Waals surface area contributed by atoms with Gasteiger partial charge in [0.25, 0.3) is 0 Å². The summed E-state index contributed by atoms with van der Waals surface area (Å²) < 4.78 is 32.4. The second-order valence-electron chi connectivity index (χ2n) is 7.37. The highest BCUT2D eigenvalue weighted by atomic mass is 32.2. The summed E-state index contributed by atoms with van der Waals surface area (Å²) in [5.74, 6) is 0.811. The molecule has 2 aliphatic heterocycles. The molecule has 2 fully saturated rings. The smallest absolute Gasteiger partial charge is 0.237 e. The van der Waals surface area contributed by atoms with E-state index in [1.54, 1.807) is 35.7 Å². The van der Waals surface area contributed by atoms with Gasteiger partial charge in [-0.25, -0.2) is 12.7 Å². The maximum Gasteiger partial charge on any atom is 0.237 e. The van der Waals surface area contributed by atoms with Crippen molar-refractivity contribution in [3.8, 4) is 5.75 Å². The normalized spacial score (nSPS) is 23.9. The minimum absolute atomic E-state index is 0.0314. The Morgan fingerprint density at radius 2 is 2.19 bits per heavy atom. The van der Waals surface area contributed by atoms with E-state index in [0.717, 1.165) is 37.8 Å². The Balaban J connectivity index is 1.55. The van der Waals surface area contributed by atoms with Gasteiger partial charge in [0.1, 0.15) is 5.75 Å². The van der Waals surface area contributed by atoms with Crippen molar-refractivity contribution in [2.75, 3.05) is 33.3 Å². The molecule has 7 nitrogen and oxygen atoms in total. The molecule has 8 heteroatoms. The van der Waals surface area contributed by atoms with Crippen molar-refractivity contribution in [3.05, 3.63) is 29.8 Å². The maximum atomic E-state index is 12.8. The molecule has 2 N–H and O–H groups in total. The van der Waals surface area contributed by atoms with Crippen LogP contribution in [0.25, 0.3) is 0 Å². The van der Waals surface area contributed by atoms with Crippen LogP contribution in [0.15, 0.2) is 24.3 Å². The van der Waals surface area contributed by atoms with Crippen molar-refractivity contribution in [2.24, 2.45) is 5.92 Å². The standard InChI is InChI=1S/C19H29N3O4S/c1-26-17-7-2-5-15(11-17)14-27(24,25)22-10-4-6-16(13-22)12-21-19(23)18-8-3-9-20-18/h2,5,7,11,16,18,20H,3-4,6,8-10,12-14H2,1H3,(H,21,23). The number of piperidine rings is 1. The summed E-state index contributed by atoms with van der Waals surface area (Å²) >= 11 is 0. The highest BCUT2D eigenvalue weighted by molar-refractivity contribution is 7.88. The SMILES string of the molecule is COc1cccc(CS(=O)(=O)N2CCCC(CNC(=O)C3CCCN3)C2)c1. The van der Waals surface area contributed by atoms with Gasteiger partial charge in [0.15, 0.2) is 0 Å². The number of methoxy groups -OCH3 is 1. The van der Waals surface area contributed by atoms with Gasteiger partial charge < -0.3 is 15.4 Å². The molecule has 1 amide bonds. The van der Waals surface area contributed by atoms with Gasteiger partial charge in [0.2, 0.25) is 15.9 Å². The first kappa shape index (κ1) is 20.1. The fourth-order valence-corrected chi connectivity index (χ4v) is 5.42. The zero-order valence-corrected chi connectivity index (χ0v) is 16.6. The fraction of sp³-hybridized carbons (Fsp3) is 0.632. The molecular formula is C19H29N3O4S. The lowest BCUT2D eigenvalue weighted by molar-refractivity contribution is -0.123. The number of ether oxygens (including phenoxy) is 1. The lowest BCUT2D eigenvalue weighted by Gasteiger charge is -2.32. The highest BCUT2D eigenvalue weighted by Gasteiger charge is 2.30. The van der Waals surface area contributed by atoms with Crippen molar-refractivity contribution in [1.29, 1.82) is 0 Å². The van der Waals surface area contributed by atoms with Gasteiger partial charge in [0, 0.05) is 19.6 Å². The average molecular weight is 396 g/mol. The quantitative estimate of drug-likeness (QED) is 0.722. The molecule has 27 heavy (non-hydrogen) atoms. The number of nitrogens with one attached hydrogen (secondary N) is 2. The molecule has 0 spiro atoms. The van der Waals surface area contributed by atoms with E-state index in [1.807, 2.05) is 0 Å². The second kappa shape index (κ2) is 9.03. The van der Waals surface area contributed by atoms with Crippen molar-refractivity contribution in [2.45, 2.75) is 37.5 Å². The van der Waals surface area contributed by atoms with E-state index >= 15 is 0 Å². The van der Waals surface area contributed by atoms with Crippen molar-refractivity contribution in [3.63, 3.8) is 0 Å². The van der Waals surface area contributed by atoms with Gasteiger partial charge in [-0.2, -0.15) is 0 Å². The fourth-order valence-electron chi connectivity index (χ4n) is 3.79. The molecule has 0 aromatic heterocycles. The molecule has 2 heterocycles. The Labute approximate surface area is 161 Å². The van der Waals surface area contributed by atoms with Crippen LogP contribution in [0.3, 0.4) is 0 Å². The van der Waals surface area contributed by atoms with Crippen molar-refractivity contribution < 1.29 is 17.9 Å². The van der Waals surface area contributed by atoms with Crippen LogP contribution in [-0.2, 0) is 20.6 Å². The summed E-state index contributed by atoms with van der Waals surface area (Å²) in [6.07, 6.45) is 3.65. The third-order valence-corrected chi connectivity index (χ3v) is 7.12. The van der Waals surface area contributed by atoms with E-state index < -0.39 is 10.0 Å². The first-order valence-electron chi connectivity index (χ1n) is 9.60. The highest BCUT2D eigenvalue weighted by Crippen LogP contribution is 2.22. The molecule has 1 aromatic carbocycles. The van der Waals surface area contributed by atoms with Crippen LogP contribution >= 0.6 is 0 Å². The number of carbonyl (C=O) groups is 1. The minimum atomic E-state index is -3.40. The molecule has 150 valence electrons. The summed E-state index contributed by atoms with van der Waals surface area (Å²) in [5, 5.41) is 6.18. The van der Waals surface area contributed by atoms with Gasteiger partial charge in [-0.15, -0.1) is 0 Å². The Kier molecular flexibility index (Phi) is 6.73. The van der Waals surface area contributed by atoms with E-state index in [2.05, 4.69) is 10.6 Å². The zero-order chi connectivity index (χ0) is 19.3. The summed E-state index contributed by atoms with van der Waals surface area (Å²) in [6, 6.07) is 7.07. The Morgan fingerprint density at radius 3 is 2.93 bits per heavy atom. The van der Waals surface area contributed by atoms with Crippen molar-refractivity contribution >= 4 is 15.9 Å². The second-order valence-corrected chi connectivity index (χ2v) is 9.34. The molecule has 2 unspecified atom stereocenters. The number of hydrogen-bond acceptors (Lipinski definition) is 5. The average Bonchev–Trinajstić information content (AvgIpc) is 3.21. The Hall–Kier alpha value is -1.64.